The van der Waals surface area contributed by atoms with Gasteiger partial charge in [-0.2, -0.15) is 5.10 Å². The molecule has 3 aromatic heterocycles. The first-order valence-electron chi connectivity index (χ1n) is 7.13. The van der Waals surface area contributed by atoms with Crippen LogP contribution in [0.3, 0.4) is 0 Å². The van der Waals surface area contributed by atoms with Crippen LogP contribution in [0.4, 0.5) is 0 Å². The van der Waals surface area contributed by atoms with E-state index in [1.807, 2.05) is 41.4 Å². The standard InChI is InChI=1S/C16H16BrN3OS2/c1-10-6-11(2)20(19-10)13(14-4-3-5-22-14)8-18-16(21)15-7-12(17)9-23-15/h3-7,9,13H,8H2,1-2H3,(H,18,21). The Morgan fingerprint density at radius 3 is 2.78 bits per heavy atom. The highest BCUT2D eigenvalue weighted by molar-refractivity contribution is 9.10. The maximum Gasteiger partial charge on any atom is 0.261 e. The molecule has 0 radical (unpaired) electrons. The molecule has 0 aliphatic heterocycles. The van der Waals surface area contributed by atoms with Crippen LogP contribution in [-0.2, 0) is 0 Å². The number of halogens is 1. The Kier molecular flexibility index (Phi) is 4.99. The first-order chi connectivity index (χ1) is 11.0. The molecule has 3 aromatic rings. The second-order valence-corrected chi connectivity index (χ2v) is 8.05. The molecular weight excluding hydrogens is 394 g/mol. The van der Waals surface area contributed by atoms with E-state index in [2.05, 4.69) is 38.5 Å². The SMILES string of the molecule is Cc1cc(C)n(C(CNC(=O)c2cc(Br)cs2)c2cccs2)n1. The summed E-state index contributed by atoms with van der Waals surface area (Å²) in [4.78, 5) is 14.2. The molecule has 0 aromatic carbocycles. The molecule has 3 rings (SSSR count). The van der Waals surface area contributed by atoms with Crippen molar-refractivity contribution in [1.29, 1.82) is 0 Å². The van der Waals surface area contributed by atoms with Gasteiger partial charge in [0.1, 0.15) is 6.04 Å². The van der Waals surface area contributed by atoms with E-state index in [4.69, 9.17) is 0 Å². The minimum atomic E-state index is -0.0520. The smallest absolute Gasteiger partial charge is 0.261 e. The van der Waals surface area contributed by atoms with Crippen LogP contribution in [0.25, 0.3) is 0 Å². The van der Waals surface area contributed by atoms with E-state index in [-0.39, 0.29) is 11.9 Å². The zero-order valence-corrected chi connectivity index (χ0v) is 16.0. The minimum absolute atomic E-state index is 0.0102. The molecule has 1 unspecified atom stereocenters. The second-order valence-electron chi connectivity index (χ2n) is 5.24. The Bertz CT molecular complexity index is 807. The van der Waals surface area contributed by atoms with Gasteiger partial charge < -0.3 is 5.32 Å². The van der Waals surface area contributed by atoms with Crippen molar-refractivity contribution in [3.8, 4) is 0 Å². The normalized spacial score (nSPS) is 12.3. The van der Waals surface area contributed by atoms with Crippen LogP contribution in [0.15, 0.2) is 39.5 Å². The zero-order chi connectivity index (χ0) is 16.4. The Balaban J connectivity index is 1.80. The fourth-order valence-corrected chi connectivity index (χ4v) is 4.61. The lowest BCUT2D eigenvalue weighted by Gasteiger charge is -2.18. The van der Waals surface area contributed by atoms with Gasteiger partial charge in [-0.05, 0) is 53.4 Å². The number of carbonyl (C=O) groups is 1. The third-order valence-electron chi connectivity index (χ3n) is 3.46. The summed E-state index contributed by atoms with van der Waals surface area (Å²) in [6, 6.07) is 8.01. The summed E-state index contributed by atoms with van der Waals surface area (Å²) in [6.45, 7) is 4.53. The molecule has 0 aliphatic carbocycles. The maximum absolute atomic E-state index is 12.3. The Morgan fingerprint density at radius 1 is 1.39 bits per heavy atom. The van der Waals surface area contributed by atoms with Crippen molar-refractivity contribution >= 4 is 44.5 Å². The summed E-state index contributed by atoms with van der Waals surface area (Å²) >= 11 is 6.49. The van der Waals surface area contributed by atoms with E-state index in [0.717, 1.165) is 15.9 Å². The molecule has 4 nitrogen and oxygen atoms in total. The maximum atomic E-state index is 12.3. The Hall–Kier alpha value is -1.44. The van der Waals surface area contributed by atoms with Gasteiger partial charge in [-0.15, -0.1) is 22.7 Å². The summed E-state index contributed by atoms with van der Waals surface area (Å²) in [5.74, 6) is -0.0520. The molecule has 0 saturated heterocycles. The van der Waals surface area contributed by atoms with Crippen molar-refractivity contribution in [3.63, 3.8) is 0 Å². The van der Waals surface area contributed by atoms with Crippen LogP contribution >= 0.6 is 38.6 Å². The van der Waals surface area contributed by atoms with Crippen molar-refractivity contribution in [3.05, 3.63) is 60.6 Å². The summed E-state index contributed by atoms with van der Waals surface area (Å²) in [7, 11) is 0. The summed E-state index contributed by atoms with van der Waals surface area (Å²) in [5, 5.41) is 11.6. The van der Waals surface area contributed by atoms with E-state index in [1.54, 1.807) is 11.3 Å². The van der Waals surface area contributed by atoms with Crippen LogP contribution in [0.1, 0.15) is 32.0 Å². The predicted octanol–water partition coefficient (Wildman–Crippen LogP) is 4.40. The van der Waals surface area contributed by atoms with E-state index in [1.165, 1.54) is 16.2 Å². The molecule has 23 heavy (non-hydrogen) atoms. The van der Waals surface area contributed by atoms with Crippen molar-refractivity contribution in [2.75, 3.05) is 6.54 Å². The van der Waals surface area contributed by atoms with Gasteiger partial charge in [0.15, 0.2) is 0 Å². The van der Waals surface area contributed by atoms with Gasteiger partial charge in [0, 0.05) is 27.0 Å². The minimum Gasteiger partial charge on any atom is -0.349 e. The average molecular weight is 410 g/mol. The van der Waals surface area contributed by atoms with E-state index in [9.17, 15) is 4.79 Å². The van der Waals surface area contributed by atoms with Crippen molar-refractivity contribution in [2.45, 2.75) is 19.9 Å². The Morgan fingerprint density at radius 2 is 2.22 bits per heavy atom. The first-order valence-corrected chi connectivity index (χ1v) is 9.68. The third-order valence-corrected chi connectivity index (χ3v) is 6.12. The van der Waals surface area contributed by atoms with Crippen LogP contribution in [0, 0.1) is 13.8 Å². The highest BCUT2D eigenvalue weighted by atomic mass is 79.9. The van der Waals surface area contributed by atoms with Gasteiger partial charge in [0.2, 0.25) is 0 Å². The second kappa shape index (κ2) is 6.98. The van der Waals surface area contributed by atoms with E-state index in [0.29, 0.717) is 11.4 Å². The summed E-state index contributed by atoms with van der Waals surface area (Å²) in [6.07, 6.45) is 0. The number of hydrogen-bond donors (Lipinski definition) is 1. The van der Waals surface area contributed by atoms with Gasteiger partial charge in [-0.25, -0.2) is 0 Å². The van der Waals surface area contributed by atoms with Gasteiger partial charge in [-0.1, -0.05) is 6.07 Å². The van der Waals surface area contributed by atoms with Gasteiger partial charge >= 0.3 is 0 Å². The van der Waals surface area contributed by atoms with Crippen LogP contribution in [-0.4, -0.2) is 22.2 Å². The van der Waals surface area contributed by atoms with Crippen molar-refractivity contribution in [1.82, 2.24) is 15.1 Å². The van der Waals surface area contributed by atoms with Crippen LogP contribution < -0.4 is 5.32 Å². The molecule has 7 heteroatoms. The number of aryl methyl sites for hydroxylation is 2. The highest BCUT2D eigenvalue weighted by Crippen LogP contribution is 2.25. The molecular formula is C16H16BrN3OS2. The largest absolute Gasteiger partial charge is 0.349 e. The lowest BCUT2D eigenvalue weighted by Crippen LogP contribution is -2.31. The monoisotopic (exact) mass is 409 g/mol. The lowest BCUT2D eigenvalue weighted by molar-refractivity contribution is 0.0953. The van der Waals surface area contributed by atoms with Crippen LogP contribution in [0.5, 0.6) is 0 Å². The average Bonchev–Trinajstić information content (AvgIpc) is 3.22. The Labute approximate surface area is 151 Å². The molecule has 0 saturated carbocycles. The number of nitrogens with one attached hydrogen (secondary N) is 1. The topological polar surface area (TPSA) is 46.9 Å². The predicted molar refractivity (Wildman–Crippen MR) is 98.5 cm³/mol. The number of hydrogen-bond acceptors (Lipinski definition) is 4. The molecule has 0 bridgehead atoms. The molecule has 1 atom stereocenters. The van der Waals surface area contributed by atoms with Gasteiger partial charge in [0.25, 0.3) is 5.91 Å². The first kappa shape index (κ1) is 16.4. The number of aromatic nitrogens is 2. The quantitative estimate of drug-likeness (QED) is 0.678. The van der Waals surface area contributed by atoms with E-state index < -0.39 is 0 Å². The number of thiophene rings is 2. The molecule has 3 heterocycles. The highest BCUT2D eigenvalue weighted by Gasteiger charge is 2.19. The third kappa shape index (κ3) is 3.73. The lowest BCUT2D eigenvalue weighted by atomic mass is 10.2. The molecule has 120 valence electrons. The molecule has 0 aliphatic rings. The van der Waals surface area contributed by atoms with Crippen LogP contribution in [0.2, 0.25) is 0 Å². The number of amides is 1. The van der Waals surface area contributed by atoms with Crippen molar-refractivity contribution < 1.29 is 4.79 Å². The van der Waals surface area contributed by atoms with Gasteiger partial charge in [-0.3, -0.25) is 9.48 Å². The number of carbonyl (C=O) groups excluding carboxylic acids is 1. The summed E-state index contributed by atoms with van der Waals surface area (Å²) in [5.41, 5.74) is 2.08. The molecule has 1 N–H and O–H groups in total. The zero-order valence-electron chi connectivity index (χ0n) is 12.7. The number of nitrogens with zero attached hydrogens (tertiary/aromatic N) is 2. The molecule has 1 amide bonds. The fraction of sp³-hybridized carbons (Fsp3) is 0.250. The molecule has 0 spiro atoms. The molecule has 0 fully saturated rings. The number of rotatable bonds is 5. The fourth-order valence-electron chi connectivity index (χ4n) is 2.46. The van der Waals surface area contributed by atoms with E-state index >= 15 is 0 Å². The summed E-state index contributed by atoms with van der Waals surface area (Å²) < 4.78 is 2.92. The van der Waals surface area contributed by atoms with Gasteiger partial charge in [0.05, 0.1) is 10.6 Å². The van der Waals surface area contributed by atoms with Crippen molar-refractivity contribution in [2.24, 2.45) is 0 Å².